The zero-order chi connectivity index (χ0) is 13.2. The largest absolute Gasteiger partial charge is 0.380 e. The van der Waals surface area contributed by atoms with Crippen LogP contribution in [0.2, 0.25) is 4.34 Å². The molecule has 0 unspecified atom stereocenters. The van der Waals surface area contributed by atoms with E-state index in [9.17, 15) is 4.79 Å². The molecule has 0 fully saturated rings. The second-order valence-electron chi connectivity index (χ2n) is 4.48. The Kier molecular flexibility index (Phi) is 3.44. The van der Waals surface area contributed by atoms with Crippen molar-refractivity contribution in [3.63, 3.8) is 0 Å². The predicted molar refractivity (Wildman–Crippen MR) is 80.0 cm³/mol. The normalized spacial score (nSPS) is 13.8. The maximum atomic E-state index is 11.3. The number of carbonyl (C=O) groups is 1. The fourth-order valence-electron chi connectivity index (χ4n) is 2.13. The molecule has 2 N–H and O–H groups in total. The highest BCUT2D eigenvalue weighted by Crippen LogP contribution is 2.27. The highest BCUT2D eigenvalue weighted by Gasteiger charge is 2.14. The summed E-state index contributed by atoms with van der Waals surface area (Å²) in [5.74, 6) is 0.0986. The molecule has 98 valence electrons. The SMILES string of the molecule is O=C1CCc2cc(NCc3ccc(Cl)s3)ccc2N1. The summed E-state index contributed by atoms with van der Waals surface area (Å²) in [7, 11) is 0. The molecule has 0 aliphatic carbocycles. The van der Waals surface area contributed by atoms with Crippen LogP contribution in [0.15, 0.2) is 30.3 Å². The van der Waals surface area contributed by atoms with Crippen molar-refractivity contribution in [2.75, 3.05) is 10.6 Å². The van der Waals surface area contributed by atoms with Crippen LogP contribution in [0.1, 0.15) is 16.9 Å². The van der Waals surface area contributed by atoms with Crippen molar-refractivity contribution in [3.05, 3.63) is 45.1 Å². The molecule has 5 heteroatoms. The summed E-state index contributed by atoms with van der Waals surface area (Å²) in [6.07, 6.45) is 1.37. The zero-order valence-electron chi connectivity index (χ0n) is 10.2. The number of carbonyl (C=O) groups excluding carboxylic acids is 1. The third kappa shape index (κ3) is 2.91. The minimum absolute atomic E-state index is 0.0986. The van der Waals surface area contributed by atoms with Crippen molar-refractivity contribution in [1.29, 1.82) is 0 Å². The maximum absolute atomic E-state index is 11.3. The van der Waals surface area contributed by atoms with E-state index in [-0.39, 0.29) is 5.91 Å². The van der Waals surface area contributed by atoms with E-state index in [2.05, 4.69) is 16.7 Å². The quantitative estimate of drug-likeness (QED) is 0.901. The van der Waals surface area contributed by atoms with Gasteiger partial charge in [0.1, 0.15) is 0 Å². The lowest BCUT2D eigenvalue weighted by Gasteiger charge is -2.17. The van der Waals surface area contributed by atoms with Crippen LogP contribution in [0.4, 0.5) is 11.4 Å². The van der Waals surface area contributed by atoms with Crippen LogP contribution >= 0.6 is 22.9 Å². The minimum Gasteiger partial charge on any atom is -0.380 e. The second-order valence-corrected chi connectivity index (χ2v) is 6.28. The van der Waals surface area contributed by atoms with Crippen LogP contribution in [0, 0.1) is 0 Å². The van der Waals surface area contributed by atoms with Gasteiger partial charge in [-0.3, -0.25) is 4.79 Å². The maximum Gasteiger partial charge on any atom is 0.224 e. The summed E-state index contributed by atoms with van der Waals surface area (Å²) in [5, 5.41) is 6.26. The van der Waals surface area contributed by atoms with Crippen molar-refractivity contribution < 1.29 is 4.79 Å². The van der Waals surface area contributed by atoms with Crippen molar-refractivity contribution in [2.24, 2.45) is 0 Å². The number of hydrogen-bond donors (Lipinski definition) is 2. The predicted octanol–water partition coefficient (Wildman–Crippen LogP) is 3.90. The number of hydrogen-bond acceptors (Lipinski definition) is 3. The summed E-state index contributed by atoms with van der Waals surface area (Å²) in [6.45, 7) is 0.766. The number of halogens is 1. The Labute approximate surface area is 120 Å². The Hall–Kier alpha value is -1.52. The summed E-state index contributed by atoms with van der Waals surface area (Å²) in [4.78, 5) is 12.5. The number of anilines is 2. The molecule has 0 atom stereocenters. The number of amides is 1. The monoisotopic (exact) mass is 292 g/mol. The van der Waals surface area contributed by atoms with E-state index >= 15 is 0 Å². The molecule has 1 amide bonds. The van der Waals surface area contributed by atoms with E-state index in [4.69, 9.17) is 11.6 Å². The molecular weight excluding hydrogens is 280 g/mol. The standard InChI is InChI=1S/C14H13ClN2OS/c15-13-5-3-11(19-13)8-16-10-2-4-12-9(7-10)1-6-14(18)17-12/h2-5,7,16H,1,6,8H2,(H,17,18). The van der Waals surface area contributed by atoms with Crippen molar-refractivity contribution in [3.8, 4) is 0 Å². The first-order valence-electron chi connectivity index (χ1n) is 6.11. The summed E-state index contributed by atoms with van der Waals surface area (Å²) >= 11 is 7.48. The van der Waals surface area contributed by atoms with Gasteiger partial charge in [0.2, 0.25) is 5.91 Å². The van der Waals surface area contributed by atoms with Crippen molar-refractivity contribution >= 4 is 40.2 Å². The van der Waals surface area contributed by atoms with Gasteiger partial charge in [-0.25, -0.2) is 0 Å². The Bertz CT molecular complexity index is 624. The number of aryl methyl sites for hydroxylation is 1. The number of thiophene rings is 1. The van der Waals surface area contributed by atoms with E-state index < -0.39 is 0 Å². The fourth-order valence-corrected chi connectivity index (χ4v) is 3.16. The third-order valence-corrected chi connectivity index (χ3v) is 4.33. The average molecular weight is 293 g/mol. The molecule has 3 rings (SSSR count). The van der Waals surface area contributed by atoms with E-state index in [1.54, 1.807) is 11.3 Å². The van der Waals surface area contributed by atoms with E-state index in [0.29, 0.717) is 6.42 Å². The number of fused-ring (bicyclic) bond motifs is 1. The smallest absolute Gasteiger partial charge is 0.224 e. The van der Waals surface area contributed by atoms with E-state index in [0.717, 1.165) is 28.7 Å². The third-order valence-electron chi connectivity index (χ3n) is 3.10. The van der Waals surface area contributed by atoms with Gasteiger partial charge in [0, 0.05) is 29.2 Å². The van der Waals surface area contributed by atoms with Gasteiger partial charge in [-0.1, -0.05) is 11.6 Å². The van der Waals surface area contributed by atoms with E-state index in [1.165, 1.54) is 10.4 Å². The fraction of sp³-hybridized carbons (Fsp3) is 0.214. The second kappa shape index (κ2) is 5.23. The molecule has 0 radical (unpaired) electrons. The molecule has 3 nitrogen and oxygen atoms in total. The molecule has 0 saturated heterocycles. The highest BCUT2D eigenvalue weighted by molar-refractivity contribution is 7.16. The van der Waals surface area contributed by atoms with Crippen LogP contribution in [0.5, 0.6) is 0 Å². The van der Waals surface area contributed by atoms with Gasteiger partial charge >= 0.3 is 0 Å². The van der Waals surface area contributed by atoms with Gasteiger partial charge in [-0.2, -0.15) is 0 Å². The Morgan fingerprint density at radius 3 is 2.95 bits per heavy atom. The first-order chi connectivity index (χ1) is 9.20. The summed E-state index contributed by atoms with van der Waals surface area (Å²) < 4.78 is 0.810. The van der Waals surface area contributed by atoms with Crippen LogP contribution in [0.3, 0.4) is 0 Å². The van der Waals surface area contributed by atoms with Crippen LogP contribution in [-0.4, -0.2) is 5.91 Å². The first kappa shape index (κ1) is 12.5. The average Bonchev–Trinajstić information content (AvgIpc) is 2.82. The zero-order valence-corrected chi connectivity index (χ0v) is 11.8. The Morgan fingerprint density at radius 2 is 2.16 bits per heavy atom. The minimum atomic E-state index is 0.0986. The van der Waals surface area contributed by atoms with Crippen molar-refractivity contribution in [2.45, 2.75) is 19.4 Å². The topological polar surface area (TPSA) is 41.1 Å². The lowest BCUT2D eigenvalue weighted by molar-refractivity contribution is -0.116. The van der Waals surface area contributed by atoms with E-state index in [1.807, 2.05) is 24.3 Å². The van der Waals surface area contributed by atoms with Crippen LogP contribution in [0.25, 0.3) is 0 Å². The molecule has 0 spiro atoms. The number of rotatable bonds is 3. The van der Waals surface area contributed by atoms with Gasteiger partial charge < -0.3 is 10.6 Å². The molecule has 2 heterocycles. The Balaban J connectivity index is 1.70. The van der Waals surface area contributed by atoms with Gasteiger partial charge in [0.25, 0.3) is 0 Å². The highest BCUT2D eigenvalue weighted by atomic mass is 35.5. The van der Waals surface area contributed by atoms with Crippen LogP contribution < -0.4 is 10.6 Å². The van der Waals surface area contributed by atoms with Gasteiger partial charge in [-0.15, -0.1) is 11.3 Å². The number of nitrogens with one attached hydrogen (secondary N) is 2. The van der Waals surface area contributed by atoms with Crippen LogP contribution in [-0.2, 0) is 17.8 Å². The first-order valence-corrected chi connectivity index (χ1v) is 7.31. The van der Waals surface area contributed by atoms with Gasteiger partial charge in [0.15, 0.2) is 0 Å². The lowest BCUT2D eigenvalue weighted by Crippen LogP contribution is -2.18. The summed E-state index contributed by atoms with van der Waals surface area (Å²) in [6, 6.07) is 9.98. The molecule has 1 aliphatic rings. The molecule has 1 aromatic carbocycles. The molecule has 0 saturated carbocycles. The molecule has 1 aromatic heterocycles. The lowest BCUT2D eigenvalue weighted by atomic mass is 10.0. The molecule has 0 bridgehead atoms. The molecule has 1 aliphatic heterocycles. The summed E-state index contributed by atoms with van der Waals surface area (Å²) in [5.41, 5.74) is 3.19. The molecule has 2 aromatic rings. The van der Waals surface area contributed by atoms with Crippen molar-refractivity contribution in [1.82, 2.24) is 0 Å². The molecule has 19 heavy (non-hydrogen) atoms. The Morgan fingerprint density at radius 1 is 1.26 bits per heavy atom. The van der Waals surface area contributed by atoms with Gasteiger partial charge in [-0.05, 0) is 42.3 Å². The number of benzene rings is 1. The molecular formula is C14H13ClN2OS. The van der Waals surface area contributed by atoms with Gasteiger partial charge in [0.05, 0.1) is 4.34 Å².